The van der Waals surface area contributed by atoms with E-state index in [9.17, 15) is 14.4 Å². The zero-order valence-electron chi connectivity index (χ0n) is 19.7. The maximum Gasteiger partial charge on any atom is 0.272 e. The van der Waals surface area contributed by atoms with Crippen LogP contribution in [0, 0.1) is 0 Å². The Morgan fingerprint density at radius 1 is 0.649 bits per heavy atom. The van der Waals surface area contributed by atoms with Gasteiger partial charge in [-0.15, -0.1) is 0 Å². The maximum absolute atomic E-state index is 13.1. The van der Waals surface area contributed by atoms with E-state index < -0.39 is 11.8 Å². The molecule has 6 heteroatoms. The second kappa shape index (κ2) is 12.3. The Bertz CT molecular complexity index is 1440. The minimum atomic E-state index is -0.512. The minimum Gasteiger partial charge on any atom is -0.321 e. The summed E-state index contributed by atoms with van der Waals surface area (Å²) >= 11 is 5.97. The van der Waals surface area contributed by atoms with Crippen molar-refractivity contribution in [3.05, 3.63) is 148 Å². The van der Waals surface area contributed by atoms with Gasteiger partial charge in [0.1, 0.15) is 5.70 Å². The number of carbonyl (C=O) groups is 3. The van der Waals surface area contributed by atoms with Crippen molar-refractivity contribution in [3.63, 3.8) is 0 Å². The second-order valence-electron chi connectivity index (χ2n) is 8.07. The summed E-state index contributed by atoms with van der Waals surface area (Å²) in [6, 6.07) is 31.6. The summed E-state index contributed by atoms with van der Waals surface area (Å²) in [5.74, 6) is -1.08. The molecule has 37 heavy (non-hydrogen) atoms. The van der Waals surface area contributed by atoms with Crippen LogP contribution in [0.3, 0.4) is 0 Å². The SMILES string of the molecule is O=C(Nc1ccc(C(=O)/C=C/c2ccccc2)cc1)/C(=C/c1ccc(Cl)cc1)NC(=O)c1ccccc1. The van der Waals surface area contributed by atoms with Crippen LogP contribution >= 0.6 is 11.6 Å². The van der Waals surface area contributed by atoms with E-state index in [1.54, 1.807) is 91.0 Å². The van der Waals surface area contributed by atoms with Gasteiger partial charge in [-0.05, 0) is 71.8 Å². The largest absolute Gasteiger partial charge is 0.321 e. The molecule has 5 nitrogen and oxygen atoms in total. The summed E-state index contributed by atoms with van der Waals surface area (Å²) < 4.78 is 0. The first-order chi connectivity index (χ1) is 18.0. The van der Waals surface area contributed by atoms with Crippen LogP contribution in [-0.4, -0.2) is 17.6 Å². The fraction of sp³-hybridized carbons (Fsp3) is 0. The average Bonchev–Trinajstić information content (AvgIpc) is 2.94. The molecule has 0 saturated heterocycles. The molecular formula is C31H23ClN2O3. The first-order valence-corrected chi connectivity index (χ1v) is 11.9. The monoisotopic (exact) mass is 506 g/mol. The molecule has 182 valence electrons. The lowest BCUT2D eigenvalue weighted by Crippen LogP contribution is -2.30. The molecule has 0 atom stereocenters. The number of hydrogen-bond donors (Lipinski definition) is 2. The number of anilines is 1. The summed E-state index contributed by atoms with van der Waals surface area (Å²) in [4.78, 5) is 38.4. The van der Waals surface area contributed by atoms with Crippen LogP contribution in [0.1, 0.15) is 31.8 Å². The highest BCUT2D eigenvalue weighted by Crippen LogP contribution is 2.16. The highest BCUT2D eigenvalue weighted by Gasteiger charge is 2.15. The number of halogens is 1. The Hall–Kier alpha value is -4.74. The van der Waals surface area contributed by atoms with Crippen LogP contribution in [0.25, 0.3) is 12.2 Å². The summed E-state index contributed by atoms with van der Waals surface area (Å²) in [6.07, 6.45) is 4.83. The highest BCUT2D eigenvalue weighted by molar-refractivity contribution is 6.30. The molecule has 0 aliphatic heterocycles. The van der Waals surface area contributed by atoms with Crippen LogP contribution in [-0.2, 0) is 4.79 Å². The van der Waals surface area contributed by atoms with E-state index in [4.69, 9.17) is 11.6 Å². The lowest BCUT2D eigenvalue weighted by atomic mass is 10.1. The molecule has 4 aromatic rings. The Morgan fingerprint density at radius 3 is 1.92 bits per heavy atom. The summed E-state index contributed by atoms with van der Waals surface area (Å²) in [7, 11) is 0. The first kappa shape index (κ1) is 25.4. The molecule has 0 aliphatic rings. The Labute approximate surface area is 220 Å². The number of hydrogen-bond acceptors (Lipinski definition) is 3. The van der Waals surface area contributed by atoms with Gasteiger partial charge in [0.05, 0.1) is 0 Å². The van der Waals surface area contributed by atoms with Crippen LogP contribution in [0.2, 0.25) is 5.02 Å². The number of amides is 2. The van der Waals surface area contributed by atoms with E-state index >= 15 is 0 Å². The highest BCUT2D eigenvalue weighted by atomic mass is 35.5. The number of carbonyl (C=O) groups excluding carboxylic acids is 3. The van der Waals surface area contributed by atoms with Crippen LogP contribution in [0.15, 0.2) is 121 Å². The van der Waals surface area contributed by atoms with Gasteiger partial charge in [-0.2, -0.15) is 0 Å². The fourth-order valence-electron chi connectivity index (χ4n) is 3.42. The topological polar surface area (TPSA) is 75.3 Å². The Balaban J connectivity index is 1.49. The van der Waals surface area contributed by atoms with Gasteiger partial charge in [-0.25, -0.2) is 0 Å². The van der Waals surface area contributed by atoms with Crippen molar-refractivity contribution in [2.45, 2.75) is 0 Å². The quantitative estimate of drug-likeness (QED) is 0.207. The zero-order valence-corrected chi connectivity index (χ0v) is 20.5. The Morgan fingerprint density at radius 2 is 1.27 bits per heavy atom. The standard InChI is InChI=1S/C31H23ClN2O3/c32-26-16-11-23(12-17-26)21-28(34-30(36)25-9-5-2-6-10-25)31(37)33-27-18-14-24(15-19-27)29(35)20-13-22-7-3-1-4-8-22/h1-21H,(H,33,37)(H,34,36)/b20-13+,28-21-. The van der Waals surface area contributed by atoms with Crippen molar-refractivity contribution in [1.82, 2.24) is 5.32 Å². The predicted molar refractivity (Wildman–Crippen MR) is 148 cm³/mol. The molecule has 0 radical (unpaired) electrons. The van der Waals surface area contributed by atoms with Gasteiger partial charge in [0.15, 0.2) is 5.78 Å². The van der Waals surface area contributed by atoms with Crippen LogP contribution in [0.4, 0.5) is 5.69 Å². The number of allylic oxidation sites excluding steroid dienone is 1. The van der Waals surface area contributed by atoms with E-state index in [1.165, 1.54) is 6.08 Å². The molecule has 0 aliphatic carbocycles. The summed E-state index contributed by atoms with van der Waals surface area (Å²) in [5.41, 5.74) is 3.06. The van der Waals surface area contributed by atoms with E-state index in [-0.39, 0.29) is 11.5 Å². The number of benzene rings is 4. The second-order valence-corrected chi connectivity index (χ2v) is 8.51. The molecule has 0 fully saturated rings. The van der Waals surface area contributed by atoms with Crippen LogP contribution in [0.5, 0.6) is 0 Å². The number of ketones is 1. The van der Waals surface area contributed by atoms with E-state index in [1.807, 2.05) is 30.3 Å². The average molecular weight is 507 g/mol. The maximum atomic E-state index is 13.1. The zero-order chi connectivity index (χ0) is 26.0. The van der Waals surface area contributed by atoms with Gasteiger partial charge in [0.2, 0.25) is 0 Å². The lowest BCUT2D eigenvalue weighted by molar-refractivity contribution is -0.113. The van der Waals surface area contributed by atoms with Crippen LogP contribution < -0.4 is 10.6 Å². The summed E-state index contributed by atoms with van der Waals surface area (Å²) in [5, 5.41) is 6.03. The molecule has 0 aromatic heterocycles. The minimum absolute atomic E-state index is 0.0575. The van der Waals surface area contributed by atoms with Crippen molar-refractivity contribution in [2.24, 2.45) is 0 Å². The molecule has 4 rings (SSSR count). The van der Waals surface area contributed by atoms with Gasteiger partial charge in [0, 0.05) is 21.8 Å². The fourth-order valence-corrected chi connectivity index (χ4v) is 3.54. The number of nitrogens with one attached hydrogen (secondary N) is 2. The van der Waals surface area contributed by atoms with Crippen molar-refractivity contribution < 1.29 is 14.4 Å². The van der Waals surface area contributed by atoms with Crippen molar-refractivity contribution in [1.29, 1.82) is 0 Å². The van der Waals surface area contributed by atoms with Gasteiger partial charge < -0.3 is 10.6 Å². The molecule has 0 bridgehead atoms. The van der Waals surface area contributed by atoms with E-state index in [2.05, 4.69) is 10.6 Å². The molecule has 0 spiro atoms. The molecule has 0 heterocycles. The summed E-state index contributed by atoms with van der Waals surface area (Å²) in [6.45, 7) is 0. The molecule has 2 amide bonds. The lowest BCUT2D eigenvalue weighted by Gasteiger charge is -2.12. The van der Waals surface area contributed by atoms with Gasteiger partial charge in [-0.1, -0.05) is 78.3 Å². The third-order valence-electron chi connectivity index (χ3n) is 5.36. The van der Waals surface area contributed by atoms with E-state index in [0.29, 0.717) is 27.4 Å². The normalized spacial score (nSPS) is 11.2. The molecular weight excluding hydrogens is 484 g/mol. The number of rotatable bonds is 8. The first-order valence-electron chi connectivity index (χ1n) is 11.5. The van der Waals surface area contributed by atoms with E-state index in [0.717, 1.165) is 5.56 Å². The van der Waals surface area contributed by atoms with Crippen molar-refractivity contribution in [3.8, 4) is 0 Å². The van der Waals surface area contributed by atoms with Gasteiger partial charge >= 0.3 is 0 Å². The smallest absolute Gasteiger partial charge is 0.272 e. The van der Waals surface area contributed by atoms with Gasteiger partial charge in [-0.3, -0.25) is 14.4 Å². The van der Waals surface area contributed by atoms with Gasteiger partial charge in [0.25, 0.3) is 11.8 Å². The predicted octanol–water partition coefficient (Wildman–Crippen LogP) is 6.65. The third-order valence-corrected chi connectivity index (χ3v) is 5.62. The molecule has 0 saturated carbocycles. The molecule has 2 N–H and O–H groups in total. The van der Waals surface area contributed by atoms with Crippen molar-refractivity contribution >= 4 is 47.0 Å². The van der Waals surface area contributed by atoms with Crippen molar-refractivity contribution in [2.75, 3.05) is 5.32 Å². The third kappa shape index (κ3) is 7.37. The molecule has 4 aromatic carbocycles. The Kier molecular flexibility index (Phi) is 8.42. The molecule has 0 unspecified atom stereocenters.